The summed E-state index contributed by atoms with van der Waals surface area (Å²) in [6.45, 7) is -0.238. The van der Waals surface area contributed by atoms with Gasteiger partial charge in [0.2, 0.25) is 23.6 Å². The Balaban J connectivity index is 0.812. The van der Waals surface area contributed by atoms with Crippen LogP contribution in [0, 0.1) is 59.2 Å². The minimum Gasteiger partial charge on any atom is -0.457 e. The molecule has 7 fully saturated rings. The summed E-state index contributed by atoms with van der Waals surface area (Å²) in [5.41, 5.74) is 0.494. The van der Waals surface area contributed by atoms with Crippen molar-refractivity contribution in [1.82, 2.24) is 0 Å². The molecule has 3 saturated carbocycles. The Hall–Kier alpha value is -6.06. The van der Waals surface area contributed by atoms with E-state index in [4.69, 9.17) is 18.9 Å². The first-order valence-electron chi connectivity index (χ1n) is 19.2. The van der Waals surface area contributed by atoms with E-state index in [1.165, 1.54) is 48.5 Å². The number of cyclic esters (lactones) is 3. The van der Waals surface area contributed by atoms with Crippen LogP contribution < -0.4 is 19.3 Å². The van der Waals surface area contributed by atoms with Crippen molar-refractivity contribution in [3.8, 4) is 11.5 Å². The van der Waals surface area contributed by atoms with Crippen LogP contribution in [0.2, 0.25) is 0 Å². The van der Waals surface area contributed by atoms with Gasteiger partial charge in [0, 0.05) is 5.92 Å². The Labute approximate surface area is 324 Å². The molecule has 0 spiro atoms. The number of anilines is 2. The van der Waals surface area contributed by atoms with Crippen molar-refractivity contribution in [3.63, 3.8) is 0 Å². The average Bonchev–Trinajstić information content (AvgIpc) is 3.74. The van der Waals surface area contributed by atoms with Gasteiger partial charge in [-0.2, -0.15) is 0 Å². The Morgan fingerprint density at radius 3 is 1.33 bits per heavy atom. The standard InChI is InChI=1S/C41H36N2O14/c44-32-17-54-39(51)30-13-18(1-11-24(30)32)37(49)55-22-7-3-20(4-8-22)42-33(45)26-15-28-29(16-27(26)34(42)46)36(48)43(35(28)47)21-5-9-23(10-6-21)56-38(50)19-2-12-25-31(14-19)41(53)57-40(25)52/h3-10,18-19,24-31H,1-2,11-17H2. The number of fused-ring (bicyclic) bond motifs is 4. The summed E-state index contributed by atoms with van der Waals surface area (Å²) in [5, 5.41) is 0. The first-order valence-corrected chi connectivity index (χ1v) is 19.2. The van der Waals surface area contributed by atoms with Crippen molar-refractivity contribution in [2.75, 3.05) is 16.4 Å². The van der Waals surface area contributed by atoms with Gasteiger partial charge in [-0.1, -0.05) is 0 Å². The van der Waals surface area contributed by atoms with E-state index in [9.17, 15) is 47.9 Å². The lowest BCUT2D eigenvalue weighted by Crippen LogP contribution is -2.45. The summed E-state index contributed by atoms with van der Waals surface area (Å²) in [6, 6.07) is 11.7. The number of nitrogens with zero attached hydrogens (tertiary/aromatic N) is 2. The van der Waals surface area contributed by atoms with E-state index < -0.39 is 113 Å². The van der Waals surface area contributed by atoms with Crippen LogP contribution in [-0.2, 0) is 57.4 Å². The summed E-state index contributed by atoms with van der Waals surface area (Å²) >= 11 is 0. The predicted octanol–water partition coefficient (Wildman–Crippen LogP) is 2.48. The molecule has 3 aliphatic carbocycles. The molecule has 57 heavy (non-hydrogen) atoms. The second-order valence-corrected chi connectivity index (χ2v) is 16.0. The highest BCUT2D eigenvalue weighted by molar-refractivity contribution is 6.25. The zero-order valence-electron chi connectivity index (χ0n) is 30.4. The Bertz CT molecular complexity index is 2120. The van der Waals surface area contributed by atoms with E-state index in [1.54, 1.807) is 0 Å². The van der Waals surface area contributed by atoms with Gasteiger partial charge in [0.25, 0.3) is 0 Å². The number of imide groups is 2. The number of carbonyl (C=O) groups is 10. The SMILES string of the molecule is O=C(Oc1ccc(N2C(=O)C3CC4C(=O)N(c5ccc(OC(=O)C6CCC7C(=O)OC(=O)C7C6)cc5)C(=O)C4CC3C2=O)cc1)C1CCC2C(=O)COC(=O)C2C1. The van der Waals surface area contributed by atoms with Crippen LogP contribution in [0.4, 0.5) is 11.4 Å². The summed E-state index contributed by atoms with van der Waals surface area (Å²) < 4.78 is 20.8. The highest BCUT2D eigenvalue weighted by atomic mass is 16.6. The second-order valence-electron chi connectivity index (χ2n) is 16.0. The zero-order valence-corrected chi connectivity index (χ0v) is 30.4. The molecule has 7 aliphatic rings. The molecular weight excluding hydrogens is 744 g/mol. The lowest BCUT2D eigenvalue weighted by molar-refractivity contribution is -0.167. The molecule has 0 radical (unpaired) electrons. The molecular formula is C41H36N2O14. The fourth-order valence-electron chi connectivity index (χ4n) is 9.98. The van der Waals surface area contributed by atoms with Gasteiger partial charge < -0.3 is 18.9 Å². The normalized spacial score (nSPS) is 33.3. The number of benzene rings is 2. The van der Waals surface area contributed by atoms with Crippen LogP contribution in [0.3, 0.4) is 0 Å². The van der Waals surface area contributed by atoms with E-state index in [1.807, 2.05) is 0 Å². The molecule has 16 heteroatoms. The molecule has 4 saturated heterocycles. The smallest absolute Gasteiger partial charge is 0.317 e. The molecule has 2 aromatic rings. The number of carbonyl (C=O) groups excluding carboxylic acids is 10. The third kappa shape index (κ3) is 6.12. The number of Topliss-reactive ketones (excluding diaryl/α,β-unsaturated/α-hetero) is 1. The minimum absolute atomic E-state index is 0.00757. The average molecular weight is 781 g/mol. The maximum Gasteiger partial charge on any atom is 0.317 e. The van der Waals surface area contributed by atoms with E-state index in [2.05, 4.69) is 0 Å². The van der Waals surface area contributed by atoms with Gasteiger partial charge in [0.15, 0.2) is 5.78 Å². The van der Waals surface area contributed by atoms with Gasteiger partial charge in [-0.25, -0.2) is 0 Å². The molecule has 16 nitrogen and oxygen atoms in total. The molecule has 10 atom stereocenters. The largest absolute Gasteiger partial charge is 0.457 e. The van der Waals surface area contributed by atoms with Crippen molar-refractivity contribution >= 4 is 70.6 Å². The topological polar surface area (TPSA) is 214 Å². The van der Waals surface area contributed by atoms with Gasteiger partial charge in [0.05, 0.1) is 64.6 Å². The third-order valence-corrected chi connectivity index (χ3v) is 13.0. The van der Waals surface area contributed by atoms with E-state index >= 15 is 0 Å². The van der Waals surface area contributed by atoms with Gasteiger partial charge in [-0.05, 0) is 99.9 Å². The van der Waals surface area contributed by atoms with E-state index in [-0.39, 0.29) is 60.9 Å². The third-order valence-electron chi connectivity index (χ3n) is 13.0. The number of ether oxygens (including phenoxy) is 4. The number of hydrogen-bond acceptors (Lipinski definition) is 14. The van der Waals surface area contributed by atoms with Crippen LogP contribution in [0.5, 0.6) is 11.5 Å². The number of amides is 4. The molecule has 294 valence electrons. The summed E-state index contributed by atoms with van der Waals surface area (Å²) in [6.07, 6.45) is 1.80. The van der Waals surface area contributed by atoms with Crippen molar-refractivity contribution < 1.29 is 66.9 Å². The van der Waals surface area contributed by atoms with Crippen LogP contribution >= 0.6 is 0 Å². The minimum atomic E-state index is -0.817. The highest BCUT2D eigenvalue weighted by Crippen LogP contribution is 2.49. The summed E-state index contributed by atoms with van der Waals surface area (Å²) in [4.78, 5) is 131. The molecule has 4 heterocycles. The first-order chi connectivity index (χ1) is 27.4. The van der Waals surface area contributed by atoms with Crippen LogP contribution in [0.25, 0.3) is 0 Å². The monoisotopic (exact) mass is 780 g/mol. The van der Waals surface area contributed by atoms with E-state index in [0.29, 0.717) is 25.7 Å². The van der Waals surface area contributed by atoms with E-state index in [0.717, 1.165) is 9.80 Å². The quantitative estimate of drug-likeness (QED) is 0.178. The molecule has 4 amide bonds. The molecule has 2 aromatic carbocycles. The fraction of sp³-hybridized carbons (Fsp3) is 0.463. The summed E-state index contributed by atoms with van der Waals surface area (Å²) in [7, 11) is 0. The van der Waals surface area contributed by atoms with Crippen LogP contribution in [-0.4, -0.2) is 65.9 Å². The molecule has 9 rings (SSSR count). The van der Waals surface area contributed by atoms with Gasteiger partial charge in [-0.3, -0.25) is 57.7 Å². The van der Waals surface area contributed by atoms with Crippen molar-refractivity contribution in [2.45, 2.75) is 51.4 Å². The molecule has 0 bridgehead atoms. The number of ketones is 1. The van der Waals surface area contributed by atoms with Crippen LogP contribution in [0.15, 0.2) is 48.5 Å². The molecule has 0 aromatic heterocycles. The fourth-order valence-corrected chi connectivity index (χ4v) is 9.98. The lowest BCUT2D eigenvalue weighted by atomic mass is 9.70. The number of rotatable bonds is 6. The molecule has 0 N–H and O–H groups in total. The Morgan fingerprint density at radius 2 is 0.877 bits per heavy atom. The Kier molecular flexibility index (Phi) is 8.88. The van der Waals surface area contributed by atoms with Crippen LogP contribution in [0.1, 0.15) is 51.4 Å². The second kappa shape index (κ2) is 13.8. The number of hydrogen-bond donors (Lipinski definition) is 0. The molecule has 10 unspecified atom stereocenters. The van der Waals surface area contributed by atoms with Crippen molar-refractivity contribution in [2.24, 2.45) is 59.2 Å². The maximum atomic E-state index is 13.7. The highest BCUT2D eigenvalue weighted by Gasteiger charge is 2.60. The van der Waals surface area contributed by atoms with Gasteiger partial charge >= 0.3 is 29.8 Å². The van der Waals surface area contributed by atoms with Crippen molar-refractivity contribution in [3.05, 3.63) is 48.5 Å². The zero-order chi connectivity index (χ0) is 39.9. The maximum absolute atomic E-state index is 13.7. The Morgan fingerprint density at radius 1 is 0.474 bits per heavy atom. The number of esters is 5. The first kappa shape index (κ1) is 36.6. The predicted molar refractivity (Wildman–Crippen MR) is 188 cm³/mol. The lowest BCUT2D eigenvalue weighted by Gasteiger charge is -2.35. The van der Waals surface area contributed by atoms with Gasteiger partial charge in [-0.15, -0.1) is 0 Å². The van der Waals surface area contributed by atoms with Crippen molar-refractivity contribution in [1.29, 1.82) is 0 Å². The van der Waals surface area contributed by atoms with Gasteiger partial charge in [0.1, 0.15) is 18.1 Å². The summed E-state index contributed by atoms with van der Waals surface area (Å²) in [5.74, 6) is -11.4. The molecule has 4 aliphatic heterocycles.